The van der Waals surface area contributed by atoms with E-state index in [2.05, 4.69) is 19.9 Å². The maximum Gasteiger partial charge on any atom is 0.387 e. The van der Waals surface area contributed by atoms with Crippen molar-refractivity contribution >= 4 is 11.5 Å². The molecule has 1 aromatic rings. The summed E-state index contributed by atoms with van der Waals surface area (Å²) in [4.78, 5) is 6.60. The molecule has 5 rings (SSSR count). The van der Waals surface area contributed by atoms with Crippen molar-refractivity contribution in [1.82, 2.24) is 15.2 Å². The molecule has 8 heteroatoms. The standard InChI is InChI=1S/C23H31F2N5O/c24-23(25)31-20-7-14(12-29-22(20)27)18(26)10-19(28-11-13-3-4-13)21-16-8-15(9-17(16)21)30-5-1-2-6-30/h7,10,12-13,15-17,21,23,26,28H,1-6,8-9,11H2,(H2,27,29)/b19-10-,26-18?/t15-,16+,17-,21-. The average molecular weight is 432 g/mol. The third kappa shape index (κ3) is 4.54. The van der Waals surface area contributed by atoms with Gasteiger partial charge in [-0.2, -0.15) is 8.78 Å². The highest BCUT2D eigenvalue weighted by Gasteiger charge is 2.58. The van der Waals surface area contributed by atoms with Crippen molar-refractivity contribution in [2.24, 2.45) is 23.7 Å². The number of ether oxygens (including phenoxy) is 1. The van der Waals surface area contributed by atoms with E-state index in [9.17, 15) is 8.78 Å². The lowest BCUT2D eigenvalue weighted by molar-refractivity contribution is -0.0495. The number of alkyl halides is 2. The average Bonchev–Trinajstić information content (AvgIpc) is 3.55. The number of fused-ring (bicyclic) bond motifs is 1. The molecule has 6 nitrogen and oxygen atoms in total. The molecule has 4 atom stereocenters. The maximum atomic E-state index is 12.6. The van der Waals surface area contributed by atoms with Gasteiger partial charge < -0.3 is 26.1 Å². The summed E-state index contributed by atoms with van der Waals surface area (Å²) in [7, 11) is 0. The van der Waals surface area contributed by atoms with Crippen LogP contribution in [0.4, 0.5) is 14.6 Å². The van der Waals surface area contributed by atoms with E-state index in [1.807, 2.05) is 6.08 Å². The Balaban J connectivity index is 1.29. The summed E-state index contributed by atoms with van der Waals surface area (Å²) in [6, 6.07) is 2.11. The van der Waals surface area contributed by atoms with Crippen molar-refractivity contribution in [3.8, 4) is 5.75 Å². The smallest absolute Gasteiger partial charge is 0.387 e. The van der Waals surface area contributed by atoms with Gasteiger partial charge in [-0.3, -0.25) is 0 Å². The Morgan fingerprint density at radius 1 is 1.29 bits per heavy atom. The molecule has 0 bridgehead atoms. The highest BCUT2D eigenvalue weighted by molar-refractivity contribution is 6.07. The van der Waals surface area contributed by atoms with Gasteiger partial charge >= 0.3 is 6.61 Å². The molecule has 0 aromatic carbocycles. The third-order valence-electron chi connectivity index (χ3n) is 7.44. The van der Waals surface area contributed by atoms with Crippen LogP contribution in [0, 0.1) is 29.1 Å². The number of halogens is 2. The minimum atomic E-state index is -2.98. The number of rotatable bonds is 9. The molecular formula is C23H31F2N5O. The lowest BCUT2D eigenvalue weighted by Crippen LogP contribution is -2.32. The van der Waals surface area contributed by atoms with Crippen molar-refractivity contribution in [3.63, 3.8) is 0 Å². The van der Waals surface area contributed by atoms with Crippen molar-refractivity contribution in [2.45, 2.75) is 51.2 Å². The molecule has 168 valence electrons. The fourth-order valence-electron chi connectivity index (χ4n) is 5.56. The zero-order chi connectivity index (χ0) is 21.5. The second-order valence-electron chi connectivity index (χ2n) is 9.55. The van der Waals surface area contributed by atoms with Gasteiger partial charge in [0.05, 0.1) is 5.71 Å². The first-order chi connectivity index (χ1) is 15.0. The van der Waals surface area contributed by atoms with Crippen LogP contribution in [0.2, 0.25) is 0 Å². The summed E-state index contributed by atoms with van der Waals surface area (Å²) in [5.74, 6) is 2.32. The Morgan fingerprint density at radius 2 is 2.00 bits per heavy atom. The molecule has 1 aliphatic heterocycles. The van der Waals surface area contributed by atoms with Crippen molar-refractivity contribution < 1.29 is 13.5 Å². The molecule has 3 aliphatic carbocycles. The minimum absolute atomic E-state index is 0.0995. The number of allylic oxidation sites excluding steroid dienone is 2. The SMILES string of the molecule is N=C(/C=C(\NCC1CC1)[C@H]1[C@@H]2C[C@H](N3CCCC3)C[C@@H]21)c1cnc(N)c(OC(F)F)c1. The molecule has 4 N–H and O–H groups in total. The summed E-state index contributed by atoms with van der Waals surface area (Å²) >= 11 is 0. The number of nitrogens with zero attached hydrogens (tertiary/aromatic N) is 2. The molecule has 3 saturated carbocycles. The van der Waals surface area contributed by atoms with Gasteiger partial charge in [0.1, 0.15) is 0 Å². The third-order valence-corrected chi connectivity index (χ3v) is 7.44. The number of pyridine rings is 1. The molecule has 1 saturated heterocycles. The van der Waals surface area contributed by atoms with Crippen LogP contribution in [0.15, 0.2) is 24.0 Å². The van der Waals surface area contributed by atoms with Gasteiger partial charge in [0.2, 0.25) is 0 Å². The summed E-state index contributed by atoms with van der Waals surface area (Å²) in [5, 5.41) is 12.2. The molecule has 0 spiro atoms. The van der Waals surface area contributed by atoms with Crippen molar-refractivity contribution in [2.75, 3.05) is 25.4 Å². The zero-order valence-electron chi connectivity index (χ0n) is 17.7. The number of anilines is 1. The summed E-state index contributed by atoms with van der Waals surface area (Å²) < 4.78 is 29.7. The maximum absolute atomic E-state index is 12.6. The number of hydrogen-bond donors (Lipinski definition) is 3. The van der Waals surface area contributed by atoms with Crippen LogP contribution in [-0.4, -0.2) is 47.9 Å². The van der Waals surface area contributed by atoms with Crippen LogP contribution >= 0.6 is 0 Å². The highest BCUT2D eigenvalue weighted by Crippen LogP contribution is 2.61. The van der Waals surface area contributed by atoms with Gasteiger partial charge in [-0.25, -0.2) is 4.98 Å². The monoisotopic (exact) mass is 431 g/mol. The molecular weight excluding hydrogens is 400 g/mol. The predicted molar refractivity (Wildman–Crippen MR) is 115 cm³/mol. The van der Waals surface area contributed by atoms with Crippen LogP contribution in [-0.2, 0) is 0 Å². The topological polar surface area (TPSA) is 87.3 Å². The Hall–Kier alpha value is -2.22. The fraction of sp³-hybridized carbons (Fsp3) is 0.652. The van der Waals surface area contributed by atoms with Crippen LogP contribution < -0.4 is 15.8 Å². The molecule has 0 amide bonds. The van der Waals surface area contributed by atoms with Crippen LogP contribution in [0.25, 0.3) is 0 Å². The van der Waals surface area contributed by atoms with E-state index in [1.165, 1.54) is 63.9 Å². The lowest BCUT2D eigenvalue weighted by atomic mass is 10.0. The molecule has 0 radical (unpaired) electrons. The first-order valence-corrected chi connectivity index (χ1v) is 11.5. The Kier molecular flexibility index (Phi) is 5.58. The largest absolute Gasteiger partial charge is 0.431 e. The van der Waals surface area contributed by atoms with Gasteiger partial charge in [0, 0.05) is 36.0 Å². The Labute approximate surface area is 181 Å². The number of nitrogens with one attached hydrogen (secondary N) is 2. The minimum Gasteiger partial charge on any atom is -0.431 e. The first-order valence-electron chi connectivity index (χ1n) is 11.5. The van der Waals surface area contributed by atoms with Crippen molar-refractivity contribution in [3.05, 3.63) is 29.6 Å². The van der Waals surface area contributed by atoms with E-state index in [4.69, 9.17) is 11.1 Å². The molecule has 31 heavy (non-hydrogen) atoms. The van der Waals surface area contributed by atoms with Crippen LogP contribution in [0.5, 0.6) is 5.75 Å². The van der Waals surface area contributed by atoms with E-state index in [-0.39, 0.29) is 17.3 Å². The molecule has 4 aliphatic rings. The Bertz CT molecular complexity index is 854. The van der Waals surface area contributed by atoms with E-state index >= 15 is 0 Å². The van der Waals surface area contributed by atoms with Crippen molar-refractivity contribution in [1.29, 1.82) is 5.41 Å². The molecule has 1 aromatic heterocycles. The predicted octanol–water partition coefficient (Wildman–Crippen LogP) is 3.64. The number of hydrogen-bond acceptors (Lipinski definition) is 6. The van der Waals surface area contributed by atoms with Gasteiger partial charge in [-0.15, -0.1) is 0 Å². The quantitative estimate of drug-likeness (QED) is 0.520. The van der Waals surface area contributed by atoms with Gasteiger partial charge in [-0.05, 0) is 81.5 Å². The second kappa shape index (κ2) is 8.37. The normalized spacial score (nSPS) is 30.5. The fourth-order valence-corrected chi connectivity index (χ4v) is 5.56. The number of nitrogens with two attached hydrogens (primary N) is 1. The molecule has 0 unspecified atom stereocenters. The molecule has 4 fully saturated rings. The first kappa shape index (κ1) is 20.7. The van der Waals surface area contributed by atoms with E-state index in [0.29, 0.717) is 23.3 Å². The van der Waals surface area contributed by atoms with Gasteiger partial charge in [0.15, 0.2) is 11.6 Å². The van der Waals surface area contributed by atoms with Crippen LogP contribution in [0.1, 0.15) is 44.1 Å². The lowest BCUT2D eigenvalue weighted by Gasteiger charge is -2.26. The van der Waals surface area contributed by atoms with Gasteiger partial charge in [0.25, 0.3) is 0 Å². The van der Waals surface area contributed by atoms with Crippen LogP contribution in [0.3, 0.4) is 0 Å². The number of likely N-dealkylation sites (tertiary alicyclic amines) is 1. The summed E-state index contributed by atoms with van der Waals surface area (Å²) in [6.45, 7) is 0.462. The van der Waals surface area contributed by atoms with E-state index < -0.39 is 6.61 Å². The van der Waals surface area contributed by atoms with E-state index in [1.54, 1.807) is 0 Å². The highest BCUT2D eigenvalue weighted by atomic mass is 19.3. The second-order valence-corrected chi connectivity index (χ2v) is 9.55. The summed E-state index contributed by atoms with van der Waals surface area (Å²) in [5.41, 5.74) is 7.43. The zero-order valence-corrected chi connectivity index (χ0v) is 17.7. The number of nitrogen functional groups attached to an aromatic ring is 1. The molecule has 2 heterocycles. The number of aromatic nitrogens is 1. The van der Waals surface area contributed by atoms with Gasteiger partial charge in [-0.1, -0.05) is 0 Å². The van der Waals surface area contributed by atoms with E-state index in [0.717, 1.165) is 24.2 Å². The Morgan fingerprint density at radius 3 is 2.65 bits per heavy atom. The summed E-state index contributed by atoms with van der Waals surface area (Å²) in [6.07, 6.45) is 11.0.